The predicted molar refractivity (Wildman–Crippen MR) is 144 cm³/mol. The first-order valence-electron chi connectivity index (χ1n) is 12.3. The summed E-state index contributed by atoms with van der Waals surface area (Å²) in [6, 6.07) is 7.64. The molecule has 2 saturated heterocycles. The van der Waals surface area contributed by atoms with E-state index in [9.17, 15) is 8.42 Å². The molecule has 2 unspecified atom stereocenters. The van der Waals surface area contributed by atoms with Gasteiger partial charge in [-0.25, -0.2) is 8.42 Å². The third kappa shape index (κ3) is 5.56. The summed E-state index contributed by atoms with van der Waals surface area (Å²) in [6.07, 6.45) is 5.73. The zero-order valence-electron chi connectivity index (χ0n) is 20.4. The molecule has 0 radical (unpaired) electrons. The van der Waals surface area contributed by atoms with Crippen LogP contribution in [0.4, 0.5) is 11.6 Å². The average molecular weight is 553 g/mol. The summed E-state index contributed by atoms with van der Waals surface area (Å²) in [5.41, 5.74) is 0.932. The summed E-state index contributed by atoms with van der Waals surface area (Å²) in [5, 5.41) is 12.6. The van der Waals surface area contributed by atoms with E-state index in [-0.39, 0.29) is 17.8 Å². The van der Waals surface area contributed by atoms with Crippen molar-refractivity contribution in [3.63, 3.8) is 0 Å². The van der Waals surface area contributed by atoms with E-state index < -0.39 is 9.84 Å². The van der Waals surface area contributed by atoms with Crippen LogP contribution in [0.1, 0.15) is 37.8 Å². The van der Waals surface area contributed by atoms with Crippen molar-refractivity contribution < 1.29 is 8.42 Å². The molecular formula is C24H31Cl2N7O2S. The number of rotatable bonds is 8. The number of hydrogen-bond acceptors (Lipinski definition) is 8. The summed E-state index contributed by atoms with van der Waals surface area (Å²) in [4.78, 5) is 11.3. The Morgan fingerprint density at radius 2 is 2.06 bits per heavy atom. The fraction of sp³-hybridized carbons (Fsp3) is 0.542. The lowest BCUT2D eigenvalue weighted by Crippen LogP contribution is -2.56. The topological polar surface area (TPSA) is 105 Å². The van der Waals surface area contributed by atoms with Gasteiger partial charge in [0.1, 0.15) is 27.8 Å². The largest absolute Gasteiger partial charge is 0.363 e. The molecule has 0 aliphatic carbocycles. The second-order valence-corrected chi connectivity index (χ2v) is 13.1. The van der Waals surface area contributed by atoms with Crippen LogP contribution in [0.15, 0.2) is 30.6 Å². The van der Waals surface area contributed by atoms with Crippen LogP contribution in [0.5, 0.6) is 0 Å². The molecule has 2 N–H and O–H groups in total. The zero-order chi connectivity index (χ0) is 25.4. The molecule has 1 aromatic carbocycles. The third-order valence-electron chi connectivity index (χ3n) is 7.31. The second-order valence-electron chi connectivity index (χ2n) is 9.95. The Morgan fingerprint density at radius 1 is 1.25 bits per heavy atom. The van der Waals surface area contributed by atoms with Crippen LogP contribution in [-0.2, 0) is 9.84 Å². The van der Waals surface area contributed by atoms with Crippen molar-refractivity contribution in [2.45, 2.75) is 38.3 Å². The Morgan fingerprint density at radius 3 is 2.81 bits per heavy atom. The molecule has 0 spiro atoms. The molecule has 5 rings (SSSR count). The maximum atomic E-state index is 11.7. The highest BCUT2D eigenvalue weighted by molar-refractivity contribution is 7.90. The van der Waals surface area contributed by atoms with Gasteiger partial charge in [-0.05, 0) is 62.3 Å². The number of sulfone groups is 1. The van der Waals surface area contributed by atoms with Crippen molar-refractivity contribution in [3.8, 4) is 0 Å². The van der Waals surface area contributed by atoms with E-state index in [1.807, 2.05) is 25.1 Å². The van der Waals surface area contributed by atoms with Gasteiger partial charge in [-0.15, -0.1) is 0 Å². The predicted octanol–water partition coefficient (Wildman–Crippen LogP) is 3.84. The van der Waals surface area contributed by atoms with Crippen LogP contribution in [0.3, 0.4) is 0 Å². The number of aromatic nitrogens is 4. The van der Waals surface area contributed by atoms with E-state index in [0.29, 0.717) is 34.1 Å². The van der Waals surface area contributed by atoms with Gasteiger partial charge in [0.05, 0.1) is 11.8 Å². The highest BCUT2D eigenvalue weighted by Crippen LogP contribution is 2.36. The van der Waals surface area contributed by atoms with Gasteiger partial charge < -0.3 is 15.5 Å². The normalized spacial score (nSPS) is 21.9. The lowest BCUT2D eigenvalue weighted by molar-refractivity contribution is 0.164. The lowest BCUT2D eigenvalue weighted by atomic mass is 9.75. The van der Waals surface area contributed by atoms with E-state index in [2.05, 4.69) is 25.6 Å². The Bertz CT molecular complexity index is 1340. The molecule has 0 bridgehead atoms. The Hall–Kier alpha value is -2.14. The van der Waals surface area contributed by atoms with E-state index >= 15 is 0 Å². The number of anilines is 2. The molecular weight excluding hydrogens is 521 g/mol. The summed E-state index contributed by atoms with van der Waals surface area (Å²) in [7, 11) is -2.97. The SMILES string of the molecule is C[C@@H](Nc1cc(N2CC(C3CCCNC3CCS(C)(=O)=O)C2)nc2ncnn12)c1ccc(Cl)cc1Cl. The number of fused-ring (bicyclic) bond motifs is 1. The summed E-state index contributed by atoms with van der Waals surface area (Å²) >= 11 is 12.5. The molecule has 194 valence electrons. The van der Waals surface area contributed by atoms with E-state index in [4.69, 9.17) is 28.2 Å². The molecule has 2 fully saturated rings. The van der Waals surface area contributed by atoms with Crippen LogP contribution in [0, 0.1) is 11.8 Å². The Balaban J connectivity index is 1.30. The quantitative estimate of drug-likeness (QED) is 0.435. The van der Waals surface area contributed by atoms with Crippen LogP contribution in [0.25, 0.3) is 5.78 Å². The molecule has 2 aliphatic heterocycles. The number of hydrogen-bond donors (Lipinski definition) is 2. The van der Waals surface area contributed by atoms with E-state index in [1.54, 1.807) is 10.6 Å². The van der Waals surface area contributed by atoms with Crippen LogP contribution in [0.2, 0.25) is 10.0 Å². The van der Waals surface area contributed by atoms with Gasteiger partial charge in [0.2, 0.25) is 0 Å². The standard InChI is InChI=1S/C24H31Cl2N7O2S/c1-15(18-6-5-17(25)10-20(18)26)30-23-11-22(31-24-28-14-29-33(23)24)32-12-16(13-32)19-4-3-8-27-21(19)7-9-36(2,34)35/h5-6,10-11,14-16,19,21,27,30H,3-4,7-9,12-13H2,1-2H3/t15-,19?,21?/m1/s1. The smallest absolute Gasteiger partial charge is 0.256 e. The van der Waals surface area contributed by atoms with Gasteiger partial charge in [-0.2, -0.15) is 19.6 Å². The van der Waals surface area contributed by atoms with E-state index in [1.165, 1.54) is 12.6 Å². The van der Waals surface area contributed by atoms with Crippen molar-refractivity contribution in [2.75, 3.05) is 41.9 Å². The van der Waals surface area contributed by atoms with Gasteiger partial charge in [0.25, 0.3) is 5.78 Å². The number of halogens is 2. The minimum Gasteiger partial charge on any atom is -0.363 e. The number of nitrogens with one attached hydrogen (secondary N) is 2. The van der Waals surface area contributed by atoms with Gasteiger partial charge >= 0.3 is 0 Å². The molecule has 3 aromatic rings. The lowest BCUT2D eigenvalue weighted by Gasteiger charge is -2.48. The fourth-order valence-corrected chi connectivity index (χ4v) is 6.64. The Labute approximate surface area is 221 Å². The Kier molecular flexibility index (Phi) is 7.31. The van der Waals surface area contributed by atoms with E-state index in [0.717, 1.165) is 49.7 Å². The molecule has 0 amide bonds. The van der Waals surface area contributed by atoms with Crippen molar-refractivity contribution >= 4 is 50.5 Å². The molecule has 2 aliphatic rings. The van der Waals surface area contributed by atoms with Gasteiger partial charge in [-0.1, -0.05) is 29.3 Å². The number of piperidine rings is 1. The average Bonchev–Trinajstić information content (AvgIpc) is 3.26. The fourth-order valence-electron chi connectivity index (χ4n) is 5.39. The molecule has 4 heterocycles. The molecule has 0 saturated carbocycles. The van der Waals surface area contributed by atoms with Crippen molar-refractivity contribution in [1.82, 2.24) is 24.9 Å². The summed E-state index contributed by atoms with van der Waals surface area (Å²) < 4.78 is 25.1. The maximum absolute atomic E-state index is 11.7. The third-order valence-corrected chi connectivity index (χ3v) is 8.85. The molecule has 36 heavy (non-hydrogen) atoms. The minimum atomic E-state index is -2.97. The van der Waals surface area contributed by atoms with Gasteiger partial charge in [0, 0.05) is 41.5 Å². The van der Waals surface area contributed by atoms with Crippen LogP contribution < -0.4 is 15.5 Å². The number of benzene rings is 1. The summed E-state index contributed by atoms with van der Waals surface area (Å²) in [6.45, 7) is 4.76. The van der Waals surface area contributed by atoms with Crippen LogP contribution >= 0.6 is 23.2 Å². The highest BCUT2D eigenvalue weighted by Gasteiger charge is 2.39. The molecule has 3 atom stereocenters. The molecule has 2 aromatic heterocycles. The monoisotopic (exact) mass is 551 g/mol. The van der Waals surface area contributed by atoms with Crippen LogP contribution in [-0.4, -0.2) is 65.7 Å². The maximum Gasteiger partial charge on any atom is 0.256 e. The second kappa shape index (κ2) is 10.3. The molecule has 9 nitrogen and oxygen atoms in total. The summed E-state index contributed by atoms with van der Waals surface area (Å²) in [5.74, 6) is 3.35. The first-order valence-corrected chi connectivity index (χ1v) is 15.1. The first-order chi connectivity index (χ1) is 17.2. The minimum absolute atomic E-state index is 0.0922. The van der Waals surface area contributed by atoms with Crippen molar-refractivity contribution in [2.24, 2.45) is 11.8 Å². The van der Waals surface area contributed by atoms with Gasteiger partial charge in [0.15, 0.2) is 0 Å². The first kappa shape index (κ1) is 25.5. The van der Waals surface area contributed by atoms with Gasteiger partial charge in [-0.3, -0.25) is 0 Å². The number of nitrogens with zero attached hydrogens (tertiary/aromatic N) is 5. The highest BCUT2D eigenvalue weighted by atomic mass is 35.5. The van der Waals surface area contributed by atoms with Crippen molar-refractivity contribution in [3.05, 3.63) is 46.2 Å². The zero-order valence-corrected chi connectivity index (χ0v) is 22.7. The molecule has 12 heteroatoms. The van der Waals surface area contributed by atoms with Crippen molar-refractivity contribution in [1.29, 1.82) is 0 Å².